The first-order valence-electron chi connectivity index (χ1n) is 6.99. The lowest BCUT2D eigenvalue weighted by Crippen LogP contribution is -2.20. The van der Waals surface area contributed by atoms with E-state index in [4.69, 9.17) is 0 Å². The van der Waals surface area contributed by atoms with Crippen LogP contribution in [0.5, 0.6) is 0 Å². The molecule has 0 saturated carbocycles. The van der Waals surface area contributed by atoms with Gasteiger partial charge in [-0.3, -0.25) is 0 Å². The molecule has 1 rings (SSSR count). The number of ether oxygens (including phenoxy) is 1. The van der Waals surface area contributed by atoms with Crippen LogP contribution < -0.4 is 5.32 Å². The molecule has 0 bridgehead atoms. The van der Waals surface area contributed by atoms with Gasteiger partial charge in [0, 0.05) is 25.0 Å². The lowest BCUT2D eigenvalue weighted by atomic mass is 10.1. The topological polar surface area (TPSA) is 26.2 Å². The van der Waals surface area contributed by atoms with E-state index in [2.05, 4.69) is 23.9 Å². The maximum absolute atomic E-state index is 11.9. The van der Waals surface area contributed by atoms with Gasteiger partial charge in [-0.25, -0.2) is 0 Å². The molecule has 0 aromatic carbocycles. The Balaban J connectivity index is 2.41. The highest BCUT2D eigenvalue weighted by Crippen LogP contribution is 2.19. The molecule has 1 aromatic rings. The zero-order valence-corrected chi connectivity index (χ0v) is 12.0. The van der Waals surface area contributed by atoms with Gasteiger partial charge < -0.3 is 14.6 Å². The Kier molecular flexibility index (Phi) is 7.09. The second-order valence-electron chi connectivity index (χ2n) is 4.75. The van der Waals surface area contributed by atoms with Crippen molar-refractivity contribution in [3.8, 4) is 0 Å². The molecule has 0 aliphatic heterocycles. The molecule has 1 heterocycles. The summed E-state index contributed by atoms with van der Waals surface area (Å²) in [4.78, 5) is 0. The fourth-order valence-electron chi connectivity index (χ4n) is 2.08. The molecule has 1 N–H and O–H groups in total. The van der Waals surface area contributed by atoms with Gasteiger partial charge in [-0.2, -0.15) is 13.2 Å². The van der Waals surface area contributed by atoms with Crippen molar-refractivity contribution in [2.45, 2.75) is 45.5 Å². The minimum absolute atomic E-state index is 0.0628. The maximum atomic E-state index is 11.9. The van der Waals surface area contributed by atoms with Gasteiger partial charge in [0.25, 0.3) is 0 Å². The van der Waals surface area contributed by atoms with E-state index in [1.165, 1.54) is 5.56 Å². The van der Waals surface area contributed by atoms with Gasteiger partial charge in [0.1, 0.15) is 6.61 Å². The highest BCUT2D eigenvalue weighted by Gasteiger charge is 2.27. The first-order valence-corrected chi connectivity index (χ1v) is 6.99. The maximum Gasteiger partial charge on any atom is 0.411 e. The molecule has 20 heavy (non-hydrogen) atoms. The van der Waals surface area contributed by atoms with Gasteiger partial charge in [-0.1, -0.05) is 20.3 Å². The molecule has 0 radical (unpaired) electrons. The number of nitrogens with one attached hydrogen (secondary N) is 1. The molecule has 0 spiro atoms. The molecule has 0 aliphatic rings. The van der Waals surface area contributed by atoms with E-state index >= 15 is 0 Å². The second-order valence-corrected chi connectivity index (χ2v) is 4.75. The van der Waals surface area contributed by atoms with Crippen molar-refractivity contribution in [3.63, 3.8) is 0 Å². The average Bonchev–Trinajstić information content (AvgIpc) is 2.82. The first-order chi connectivity index (χ1) is 9.46. The van der Waals surface area contributed by atoms with E-state index in [0.29, 0.717) is 12.6 Å². The molecular weight excluding hydrogens is 269 g/mol. The summed E-state index contributed by atoms with van der Waals surface area (Å²) in [5, 5.41) is 3.41. The number of halogens is 3. The Morgan fingerprint density at radius 2 is 2.10 bits per heavy atom. The Labute approximate surface area is 118 Å². The molecule has 1 aromatic heterocycles. The lowest BCUT2D eigenvalue weighted by Gasteiger charge is -2.15. The minimum atomic E-state index is -4.25. The summed E-state index contributed by atoms with van der Waals surface area (Å²) >= 11 is 0. The Morgan fingerprint density at radius 3 is 2.70 bits per heavy atom. The summed E-state index contributed by atoms with van der Waals surface area (Å²) < 4.78 is 42.2. The Hall–Kier alpha value is -1.01. The Bertz CT molecular complexity index is 371. The smallest absolute Gasteiger partial charge is 0.370 e. The summed E-state index contributed by atoms with van der Waals surface area (Å²) in [7, 11) is 0. The molecule has 6 heteroatoms. The first kappa shape index (κ1) is 17.0. The van der Waals surface area contributed by atoms with Gasteiger partial charge in [0.15, 0.2) is 0 Å². The van der Waals surface area contributed by atoms with E-state index < -0.39 is 12.8 Å². The zero-order chi connectivity index (χ0) is 15.0. The van der Waals surface area contributed by atoms with Crippen LogP contribution in [0.2, 0.25) is 0 Å². The number of hydrogen-bond acceptors (Lipinski definition) is 2. The second kappa shape index (κ2) is 8.32. The standard InChI is InChI=1S/C14H23F3N2O/c1-3-5-13(18-4-2)12-6-7-19(10-12)8-9-20-11-14(15,16)17/h6-7,10,13,18H,3-5,8-9,11H2,1-2H3. The van der Waals surface area contributed by atoms with Crippen LogP contribution in [0.4, 0.5) is 13.2 Å². The number of rotatable bonds is 9. The molecule has 0 amide bonds. The van der Waals surface area contributed by atoms with Crippen molar-refractivity contribution < 1.29 is 17.9 Å². The van der Waals surface area contributed by atoms with E-state index in [9.17, 15) is 13.2 Å². The van der Waals surface area contributed by atoms with Crippen molar-refractivity contribution in [2.24, 2.45) is 0 Å². The van der Waals surface area contributed by atoms with Crippen molar-refractivity contribution in [2.75, 3.05) is 19.8 Å². The fraction of sp³-hybridized carbons (Fsp3) is 0.714. The average molecular weight is 292 g/mol. The third kappa shape index (κ3) is 6.43. The van der Waals surface area contributed by atoms with Crippen LogP contribution in [0.25, 0.3) is 0 Å². The molecule has 3 nitrogen and oxygen atoms in total. The van der Waals surface area contributed by atoms with Crippen molar-refractivity contribution in [3.05, 3.63) is 24.0 Å². The summed E-state index contributed by atoms with van der Waals surface area (Å²) in [6, 6.07) is 2.31. The fourth-order valence-corrected chi connectivity index (χ4v) is 2.08. The molecule has 1 atom stereocenters. The van der Waals surface area contributed by atoms with Crippen molar-refractivity contribution in [1.29, 1.82) is 0 Å². The van der Waals surface area contributed by atoms with Crippen LogP contribution in [0.15, 0.2) is 18.5 Å². The summed E-state index contributed by atoms with van der Waals surface area (Å²) in [5.41, 5.74) is 1.17. The predicted octanol–water partition coefficient (Wildman–Crippen LogP) is 3.52. The molecule has 116 valence electrons. The van der Waals surface area contributed by atoms with Gasteiger partial charge >= 0.3 is 6.18 Å². The van der Waals surface area contributed by atoms with Crippen LogP contribution in [0, 0.1) is 0 Å². The van der Waals surface area contributed by atoms with E-state index in [1.54, 1.807) is 0 Å². The van der Waals surface area contributed by atoms with Crippen LogP contribution in [0.1, 0.15) is 38.3 Å². The molecule has 1 unspecified atom stereocenters. The number of nitrogens with zero attached hydrogens (tertiary/aromatic N) is 1. The predicted molar refractivity (Wildman–Crippen MR) is 72.6 cm³/mol. The zero-order valence-electron chi connectivity index (χ0n) is 12.0. The largest absolute Gasteiger partial charge is 0.411 e. The highest BCUT2D eigenvalue weighted by atomic mass is 19.4. The van der Waals surface area contributed by atoms with Gasteiger partial charge in [-0.15, -0.1) is 0 Å². The lowest BCUT2D eigenvalue weighted by molar-refractivity contribution is -0.174. The summed E-state index contributed by atoms with van der Waals surface area (Å²) in [6.45, 7) is 4.40. The van der Waals surface area contributed by atoms with E-state index in [1.807, 2.05) is 23.0 Å². The summed E-state index contributed by atoms with van der Waals surface area (Å²) in [5.74, 6) is 0. The van der Waals surface area contributed by atoms with Crippen LogP contribution in [-0.4, -0.2) is 30.5 Å². The van der Waals surface area contributed by atoms with Crippen LogP contribution >= 0.6 is 0 Å². The van der Waals surface area contributed by atoms with Crippen LogP contribution in [-0.2, 0) is 11.3 Å². The normalized spacial score (nSPS) is 13.7. The van der Waals surface area contributed by atoms with E-state index in [-0.39, 0.29) is 6.61 Å². The molecular formula is C14H23F3N2O. The monoisotopic (exact) mass is 292 g/mol. The van der Waals surface area contributed by atoms with Gasteiger partial charge in [0.05, 0.1) is 6.61 Å². The van der Waals surface area contributed by atoms with Gasteiger partial charge in [0.2, 0.25) is 0 Å². The third-order valence-corrected chi connectivity index (χ3v) is 2.96. The quantitative estimate of drug-likeness (QED) is 0.705. The number of aromatic nitrogens is 1. The number of alkyl halides is 3. The SMILES string of the molecule is CCCC(NCC)c1ccn(CCOCC(F)(F)F)c1. The van der Waals surface area contributed by atoms with E-state index in [0.717, 1.165) is 19.4 Å². The number of hydrogen-bond donors (Lipinski definition) is 1. The van der Waals surface area contributed by atoms with Crippen molar-refractivity contribution in [1.82, 2.24) is 9.88 Å². The molecule has 0 fully saturated rings. The minimum Gasteiger partial charge on any atom is -0.370 e. The van der Waals surface area contributed by atoms with Gasteiger partial charge in [-0.05, 0) is 24.6 Å². The molecule has 0 aliphatic carbocycles. The van der Waals surface area contributed by atoms with Crippen molar-refractivity contribution >= 4 is 0 Å². The van der Waals surface area contributed by atoms with Crippen LogP contribution in [0.3, 0.4) is 0 Å². The summed E-state index contributed by atoms with van der Waals surface area (Å²) in [6.07, 6.45) is 1.73. The third-order valence-electron chi connectivity index (χ3n) is 2.96. The Morgan fingerprint density at radius 1 is 1.35 bits per heavy atom. The highest BCUT2D eigenvalue weighted by molar-refractivity contribution is 5.15. The molecule has 0 saturated heterocycles.